The highest BCUT2D eigenvalue weighted by molar-refractivity contribution is 6.31. The molecule has 0 aliphatic heterocycles. The second kappa shape index (κ2) is 9.33. The zero-order valence-corrected chi connectivity index (χ0v) is 15.0. The van der Waals surface area contributed by atoms with Crippen molar-refractivity contribution in [2.75, 3.05) is 11.9 Å². The van der Waals surface area contributed by atoms with E-state index in [1.807, 2.05) is 48.5 Å². The Morgan fingerprint density at radius 1 is 1.12 bits per heavy atom. The van der Waals surface area contributed by atoms with Crippen LogP contribution in [-0.4, -0.2) is 12.5 Å². The van der Waals surface area contributed by atoms with Gasteiger partial charge in [-0.1, -0.05) is 43.6 Å². The van der Waals surface area contributed by atoms with E-state index in [2.05, 4.69) is 19.2 Å². The number of carbonyl (C=O) groups excluding carboxylic acids is 1. The maximum Gasteiger partial charge on any atom is 0.224 e. The van der Waals surface area contributed by atoms with Crippen molar-refractivity contribution in [3.8, 4) is 5.75 Å². The number of anilines is 1. The molecule has 0 fully saturated rings. The van der Waals surface area contributed by atoms with Crippen LogP contribution in [0.15, 0.2) is 48.5 Å². The van der Waals surface area contributed by atoms with Crippen molar-refractivity contribution in [3.05, 3.63) is 59.1 Å². The third-order valence-electron chi connectivity index (χ3n) is 3.68. The summed E-state index contributed by atoms with van der Waals surface area (Å²) in [4.78, 5) is 12.0. The van der Waals surface area contributed by atoms with Crippen molar-refractivity contribution in [2.45, 2.75) is 33.1 Å². The van der Waals surface area contributed by atoms with Gasteiger partial charge < -0.3 is 10.1 Å². The number of hydrogen-bond acceptors (Lipinski definition) is 2. The summed E-state index contributed by atoms with van der Waals surface area (Å²) in [5, 5.41) is 3.60. The SMILES string of the molecule is CC(C)CCOc1ccc(NC(=O)CCc2ccccc2Cl)cc1. The molecule has 128 valence electrons. The number of carbonyl (C=O) groups is 1. The van der Waals surface area contributed by atoms with E-state index in [1.54, 1.807) is 0 Å². The summed E-state index contributed by atoms with van der Waals surface area (Å²) in [5.74, 6) is 1.43. The molecule has 0 radical (unpaired) electrons. The van der Waals surface area contributed by atoms with Gasteiger partial charge in [0.15, 0.2) is 0 Å². The molecule has 4 heteroatoms. The van der Waals surface area contributed by atoms with Crippen LogP contribution in [0.2, 0.25) is 5.02 Å². The molecule has 3 nitrogen and oxygen atoms in total. The lowest BCUT2D eigenvalue weighted by molar-refractivity contribution is -0.116. The van der Waals surface area contributed by atoms with Crippen LogP contribution in [0.4, 0.5) is 5.69 Å². The predicted molar refractivity (Wildman–Crippen MR) is 99.8 cm³/mol. The van der Waals surface area contributed by atoms with Crippen molar-refractivity contribution in [3.63, 3.8) is 0 Å². The van der Waals surface area contributed by atoms with Crippen LogP contribution in [0.5, 0.6) is 5.75 Å². The molecule has 0 aromatic heterocycles. The van der Waals surface area contributed by atoms with Crippen LogP contribution in [0.25, 0.3) is 0 Å². The Bertz CT molecular complexity index is 653. The Balaban J connectivity index is 1.78. The molecule has 0 spiro atoms. The van der Waals surface area contributed by atoms with Gasteiger partial charge in [-0.15, -0.1) is 0 Å². The lowest BCUT2D eigenvalue weighted by Gasteiger charge is -2.10. The Labute approximate surface area is 149 Å². The Morgan fingerprint density at radius 2 is 1.83 bits per heavy atom. The number of nitrogens with one attached hydrogen (secondary N) is 1. The highest BCUT2D eigenvalue weighted by Crippen LogP contribution is 2.18. The first-order valence-corrected chi connectivity index (χ1v) is 8.68. The molecule has 0 aliphatic carbocycles. The first-order valence-electron chi connectivity index (χ1n) is 8.30. The molecule has 0 saturated carbocycles. The van der Waals surface area contributed by atoms with Crippen LogP contribution >= 0.6 is 11.6 Å². The van der Waals surface area contributed by atoms with Gasteiger partial charge in [0.05, 0.1) is 6.61 Å². The van der Waals surface area contributed by atoms with E-state index >= 15 is 0 Å². The molecule has 0 bridgehead atoms. The van der Waals surface area contributed by atoms with E-state index in [-0.39, 0.29) is 5.91 Å². The van der Waals surface area contributed by atoms with Crippen molar-refractivity contribution in [1.29, 1.82) is 0 Å². The van der Waals surface area contributed by atoms with Crippen LogP contribution in [0, 0.1) is 5.92 Å². The highest BCUT2D eigenvalue weighted by Gasteiger charge is 2.06. The molecule has 0 atom stereocenters. The topological polar surface area (TPSA) is 38.3 Å². The van der Waals surface area contributed by atoms with Crippen LogP contribution in [-0.2, 0) is 11.2 Å². The first-order chi connectivity index (χ1) is 11.5. The van der Waals surface area contributed by atoms with Gasteiger partial charge in [0.2, 0.25) is 5.91 Å². The number of rotatable bonds is 8. The normalized spacial score (nSPS) is 10.7. The van der Waals surface area contributed by atoms with Gasteiger partial charge in [-0.05, 0) is 54.7 Å². The first kappa shape index (κ1) is 18.3. The van der Waals surface area contributed by atoms with E-state index in [0.29, 0.717) is 30.4 Å². The largest absolute Gasteiger partial charge is 0.494 e. The van der Waals surface area contributed by atoms with Crippen molar-refractivity contribution >= 4 is 23.2 Å². The second-order valence-corrected chi connectivity index (χ2v) is 6.60. The Morgan fingerprint density at radius 3 is 2.50 bits per heavy atom. The van der Waals surface area contributed by atoms with Crippen LogP contribution in [0.3, 0.4) is 0 Å². The summed E-state index contributed by atoms with van der Waals surface area (Å²) in [5.41, 5.74) is 1.76. The number of aryl methyl sites for hydroxylation is 1. The minimum Gasteiger partial charge on any atom is -0.494 e. The molecule has 1 amide bonds. The maximum absolute atomic E-state index is 12.0. The fraction of sp³-hybridized carbons (Fsp3) is 0.350. The fourth-order valence-corrected chi connectivity index (χ4v) is 2.45. The van der Waals surface area contributed by atoms with Gasteiger partial charge in [0.25, 0.3) is 0 Å². The number of halogens is 1. The van der Waals surface area contributed by atoms with Crippen LogP contribution in [0.1, 0.15) is 32.3 Å². The summed E-state index contributed by atoms with van der Waals surface area (Å²) >= 11 is 6.10. The average molecular weight is 346 g/mol. The number of ether oxygens (including phenoxy) is 1. The maximum atomic E-state index is 12.0. The second-order valence-electron chi connectivity index (χ2n) is 6.19. The number of hydrogen-bond donors (Lipinski definition) is 1. The standard InChI is InChI=1S/C20H24ClNO2/c1-15(2)13-14-24-18-10-8-17(9-11-18)22-20(23)12-7-16-5-3-4-6-19(16)21/h3-6,8-11,15H,7,12-14H2,1-2H3,(H,22,23). The molecule has 0 saturated heterocycles. The van der Waals surface area contributed by atoms with E-state index in [4.69, 9.17) is 16.3 Å². The third kappa shape index (κ3) is 6.25. The molecule has 0 aliphatic rings. The summed E-state index contributed by atoms with van der Waals surface area (Å²) in [6.07, 6.45) is 2.05. The number of amides is 1. The van der Waals surface area contributed by atoms with Gasteiger partial charge >= 0.3 is 0 Å². The smallest absolute Gasteiger partial charge is 0.224 e. The van der Waals surface area contributed by atoms with Crippen LogP contribution < -0.4 is 10.1 Å². The average Bonchev–Trinajstić information content (AvgIpc) is 2.55. The van der Waals surface area contributed by atoms with E-state index < -0.39 is 0 Å². The lowest BCUT2D eigenvalue weighted by Crippen LogP contribution is -2.12. The molecule has 24 heavy (non-hydrogen) atoms. The van der Waals surface area contributed by atoms with E-state index in [1.165, 1.54) is 0 Å². The molecular formula is C20H24ClNO2. The molecule has 0 heterocycles. The molecular weight excluding hydrogens is 322 g/mol. The summed E-state index contributed by atoms with van der Waals surface area (Å²) in [7, 11) is 0. The fourth-order valence-electron chi connectivity index (χ4n) is 2.22. The highest BCUT2D eigenvalue weighted by atomic mass is 35.5. The molecule has 2 rings (SSSR count). The Hall–Kier alpha value is -2.00. The van der Waals surface area contributed by atoms with Crippen molar-refractivity contribution in [2.24, 2.45) is 5.92 Å². The molecule has 0 unspecified atom stereocenters. The minimum atomic E-state index is -0.0246. The van der Waals surface area contributed by atoms with Gasteiger partial charge in [-0.25, -0.2) is 0 Å². The van der Waals surface area contributed by atoms with Gasteiger partial charge in [0, 0.05) is 17.1 Å². The number of benzene rings is 2. The van der Waals surface area contributed by atoms with Gasteiger partial charge in [-0.3, -0.25) is 4.79 Å². The zero-order chi connectivity index (χ0) is 17.4. The Kier molecular flexibility index (Phi) is 7.13. The van der Waals surface area contributed by atoms with E-state index in [9.17, 15) is 4.79 Å². The summed E-state index contributed by atoms with van der Waals surface area (Å²) in [6, 6.07) is 15.1. The predicted octanol–water partition coefficient (Wildman–Crippen LogP) is 5.34. The summed E-state index contributed by atoms with van der Waals surface area (Å²) < 4.78 is 5.67. The monoisotopic (exact) mass is 345 g/mol. The molecule has 1 N–H and O–H groups in total. The summed E-state index contributed by atoms with van der Waals surface area (Å²) in [6.45, 7) is 5.05. The van der Waals surface area contributed by atoms with E-state index in [0.717, 1.165) is 23.4 Å². The quantitative estimate of drug-likeness (QED) is 0.701. The zero-order valence-electron chi connectivity index (χ0n) is 14.2. The molecule has 2 aromatic carbocycles. The minimum absolute atomic E-state index is 0.0246. The van der Waals surface area contributed by atoms with Crippen molar-refractivity contribution in [1.82, 2.24) is 0 Å². The molecule has 2 aromatic rings. The third-order valence-corrected chi connectivity index (χ3v) is 4.05. The van der Waals surface area contributed by atoms with Gasteiger partial charge in [0.1, 0.15) is 5.75 Å². The van der Waals surface area contributed by atoms with Gasteiger partial charge in [-0.2, -0.15) is 0 Å². The lowest BCUT2D eigenvalue weighted by atomic mass is 10.1. The van der Waals surface area contributed by atoms with Crippen molar-refractivity contribution < 1.29 is 9.53 Å².